The van der Waals surface area contributed by atoms with Gasteiger partial charge in [-0.25, -0.2) is 4.99 Å². The van der Waals surface area contributed by atoms with Gasteiger partial charge in [0.15, 0.2) is 16.3 Å². The zero-order valence-electron chi connectivity index (χ0n) is 18.5. The van der Waals surface area contributed by atoms with E-state index < -0.39 is 11.0 Å². The van der Waals surface area contributed by atoms with E-state index in [4.69, 9.17) is 14.5 Å². The first-order valence-corrected chi connectivity index (χ1v) is 12.5. The number of halogens is 1. The van der Waals surface area contributed by atoms with Gasteiger partial charge in [-0.2, -0.15) is 0 Å². The van der Waals surface area contributed by atoms with E-state index in [1.54, 1.807) is 4.57 Å². The number of rotatable bonds is 4. The van der Waals surface area contributed by atoms with Gasteiger partial charge in [0.1, 0.15) is 0 Å². The highest BCUT2D eigenvalue weighted by Crippen LogP contribution is 2.38. The third kappa shape index (κ3) is 3.94. The summed E-state index contributed by atoms with van der Waals surface area (Å²) < 4.78 is 13.6. The van der Waals surface area contributed by atoms with Crippen LogP contribution in [0, 0.1) is 10.1 Å². The zero-order valence-corrected chi connectivity index (χ0v) is 20.9. The van der Waals surface area contributed by atoms with Crippen molar-refractivity contribution < 1.29 is 14.4 Å². The van der Waals surface area contributed by atoms with Crippen molar-refractivity contribution in [1.29, 1.82) is 0 Å². The Morgan fingerprint density at radius 2 is 1.81 bits per heavy atom. The van der Waals surface area contributed by atoms with Gasteiger partial charge in [0.25, 0.3) is 11.2 Å². The molecule has 1 aromatic heterocycles. The molecule has 0 radical (unpaired) electrons. The topological polar surface area (TPSA) is 96.0 Å². The number of benzene rings is 3. The Morgan fingerprint density at radius 1 is 1.08 bits per heavy atom. The fourth-order valence-corrected chi connectivity index (χ4v) is 5.48. The van der Waals surface area contributed by atoms with Crippen LogP contribution in [0.25, 0.3) is 11.8 Å². The van der Waals surface area contributed by atoms with Gasteiger partial charge in [-0.15, -0.1) is 0 Å². The minimum absolute atomic E-state index is 0.00637. The Morgan fingerprint density at radius 3 is 2.53 bits per heavy atom. The van der Waals surface area contributed by atoms with Gasteiger partial charge < -0.3 is 9.47 Å². The standard InChI is InChI=1S/C26H16BrN3O5S/c27-18-8-6-16(7-9-18)20-12-19(15-4-2-1-3-5-15)28-26-29(20)25(31)24(36-26)11-17-10-22-23(35-14-34-22)13-21(17)30(32)33/h1-13,20H,14H2. The smallest absolute Gasteiger partial charge is 0.280 e. The predicted octanol–water partition coefficient (Wildman–Crippen LogP) is 4.40. The number of hydrogen-bond acceptors (Lipinski definition) is 7. The van der Waals surface area contributed by atoms with E-state index in [2.05, 4.69) is 15.9 Å². The summed E-state index contributed by atoms with van der Waals surface area (Å²) in [7, 11) is 0. The molecule has 0 bridgehead atoms. The molecule has 0 spiro atoms. The van der Waals surface area contributed by atoms with Crippen LogP contribution in [-0.4, -0.2) is 16.3 Å². The highest BCUT2D eigenvalue weighted by Gasteiger charge is 2.25. The average Bonchev–Trinajstić information content (AvgIpc) is 3.47. The van der Waals surface area contributed by atoms with E-state index in [1.807, 2.05) is 60.7 Å². The molecule has 2 aliphatic heterocycles. The summed E-state index contributed by atoms with van der Waals surface area (Å²) in [5.74, 6) is 0.710. The van der Waals surface area contributed by atoms with Gasteiger partial charge >= 0.3 is 0 Å². The molecule has 36 heavy (non-hydrogen) atoms. The van der Waals surface area contributed by atoms with E-state index in [1.165, 1.54) is 29.5 Å². The maximum absolute atomic E-state index is 13.6. The summed E-state index contributed by atoms with van der Waals surface area (Å²) in [6.45, 7) is -0.00637. The molecule has 0 fully saturated rings. The number of aromatic nitrogens is 1. The Hall–Kier alpha value is -4.02. The van der Waals surface area contributed by atoms with Crippen LogP contribution in [0.15, 0.2) is 87.1 Å². The Balaban J connectivity index is 1.57. The van der Waals surface area contributed by atoms with Gasteiger partial charge in [-0.3, -0.25) is 19.5 Å². The SMILES string of the molecule is O=c1c(=Cc2cc3c(cc2[N+](=O)[O-])OCO3)sc2n1C(c1ccc(Br)cc1)C=C(c1ccccc1)N=2. The second-order valence-corrected chi connectivity index (χ2v) is 10.0. The number of hydrogen-bond donors (Lipinski definition) is 0. The van der Waals surface area contributed by atoms with Crippen LogP contribution >= 0.6 is 27.3 Å². The van der Waals surface area contributed by atoms with E-state index >= 15 is 0 Å². The summed E-state index contributed by atoms with van der Waals surface area (Å²) in [4.78, 5) is 30.2. The summed E-state index contributed by atoms with van der Waals surface area (Å²) in [6.07, 6.45) is 3.49. The molecule has 178 valence electrons. The lowest BCUT2D eigenvalue weighted by Gasteiger charge is -2.19. The Labute approximate surface area is 216 Å². The lowest BCUT2D eigenvalue weighted by Crippen LogP contribution is -2.36. The van der Waals surface area contributed by atoms with Crippen molar-refractivity contribution in [2.75, 3.05) is 6.79 Å². The number of allylic oxidation sites excluding steroid dienone is 1. The molecular weight excluding hydrogens is 546 g/mol. The van der Waals surface area contributed by atoms with Crippen molar-refractivity contribution in [3.63, 3.8) is 0 Å². The third-order valence-corrected chi connectivity index (χ3v) is 7.44. The van der Waals surface area contributed by atoms with E-state index in [0.29, 0.717) is 20.8 Å². The summed E-state index contributed by atoms with van der Waals surface area (Å²) >= 11 is 4.66. The second kappa shape index (κ2) is 8.89. The highest BCUT2D eigenvalue weighted by molar-refractivity contribution is 9.10. The first kappa shape index (κ1) is 22.4. The fraction of sp³-hybridized carbons (Fsp3) is 0.0769. The lowest BCUT2D eigenvalue weighted by molar-refractivity contribution is -0.385. The third-order valence-electron chi connectivity index (χ3n) is 5.93. The van der Waals surface area contributed by atoms with Crippen LogP contribution < -0.4 is 24.4 Å². The van der Waals surface area contributed by atoms with Gasteiger partial charge in [0, 0.05) is 4.47 Å². The molecule has 0 amide bonds. The number of nitrogens with zero attached hydrogens (tertiary/aromatic N) is 3. The van der Waals surface area contributed by atoms with Gasteiger partial charge in [-0.1, -0.05) is 69.7 Å². The quantitative estimate of drug-likeness (QED) is 0.272. The molecule has 1 unspecified atom stereocenters. The molecule has 3 heterocycles. The molecule has 0 N–H and O–H groups in total. The molecule has 1 atom stereocenters. The van der Waals surface area contributed by atoms with E-state index in [0.717, 1.165) is 21.3 Å². The van der Waals surface area contributed by atoms with Crippen molar-refractivity contribution in [3.8, 4) is 11.5 Å². The minimum Gasteiger partial charge on any atom is -0.454 e. The van der Waals surface area contributed by atoms with Crippen LogP contribution in [-0.2, 0) is 0 Å². The maximum atomic E-state index is 13.6. The van der Waals surface area contributed by atoms with Crippen LogP contribution in [0.2, 0.25) is 0 Å². The van der Waals surface area contributed by atoms with E-state index in [9.17, 15) is 14.9 Å². The van der Waals surface area contributed by atoms with Crippen LogP contribution in [0.5, 0.6) is 11.5 Å². The summed E-state index contributed by atoms with van der Waals surface area (Å²) in [5, 5.41) is 11.7. The molecule has 8 nitrogen and oxygen atoms in total. The molecule has 0 aliphatic carbocycles. The summed E-state index contributed by atoms with van der Waals surface area (Å²) in [5.41, 5.74) is 2.43. The normalized spacial score (nSPS) is 16.3. The van der Waals surface area contributed by atoms with Gasteiger partial charge in [-0.05, 0) is 41.5 Å². The van der Waals surface area contributed by atoms with E-state index in [-0.39, 0.29) is 23.6 Å². The van der Waals surface area contributed by atoms with Crippen LogP contribution in [0.3, 0.4) is 0 Å². The van der Waals surface area contributed by atoms with Crippen LogP contribution in [0.4, 0.5) is 5.69 Å². The molecular formula is C26H16BrN3O5S. The Kier molecular flexibility index (Phi) is 5.54. The average molecular weight is 562 g/mol. The van der Waals surface area contributed by atoms with Crippen LogP contribution in [0.1, 0.15) is 22.7 Å². The highest BCUT2D eigenvalue weighted by atomic mass is 79.9. The van der Waals surface area contributed by atoms with Crippen molar-refractivity contribution in [2.45, 2.75) is 6.04 Å². The molecule has 4 aromatic rings. The molecule has 0 saturated heterocycles. The Bertz CT molecular complexity index is 1730. The molecule has 3 aromatic carbocycles. The lowest BCUT2D eigenvalue weighted by atomic mass is 10.0. The molecule has 10 heteroatoms. The largest absolute Gasteiger partial charge is 0.454 e. The second-order valence-electron chi connectivity index (χ2n) is 8.12. The summed E-state index contributed by atoms with van der Waals surface area (Å²) in [6, 6.07) is 20.0. The predicted molar refractivity (Wildman–Crippen MR) is 139 cm³/mol. The van der Waals surface area contributed by atoms with Crippen molar-refractivity contribution in [3.05, 3.63) is 124 Å². The number of nitro benzene ring substituents is 1. The number of ether oxygens (including phenoxy) is 2. The van der Waals surface area contributed by atoms with Crippen molar-refractivity contribution in [1.82, 2.24) is 4.57 Å². The molecule has 6 rings (SSSR count). The monoisotopic (exact) mass is 561 g/mol. The number of fused-ring (bicyclic) bond motifs is 2. The molecule has 2 aliphatic rings. The first-order valence-electron chi connectivity index (χ1n) is 10.9. The van der Waals surface area contributed by atoms with Gasteiger partial charge in [0.05, 0.1) is 32.8 Å². The first-order chi connectivity index (χ1) is 17.5. The maximum Gasteiger partial charge on any atom is 0.280 e. The van der Waals surface area contributed by atoms with Crippen molar-refractivity contribution >= 4 is 44.7 Å². The minimum atomic E-state index is -0.497. The number of nitro groups is 1. The van der Waals surface area contributed by atoms with Gasteiger partial charge in [0.2, 0.25) is 6.79 Å². The zero-order chi connectivity index (χ0) is 24.8. The fourth-order valence-electron chi connectivity index (χ4n) is 4.21. The molecule has 0 saturated carbocycles. The number of thiazole rings is 1. The van der Waals surface area contributed by atoms with Crippen molar-refractivity contribution in [2.24, 2.45) is 4.99 Å².